The van der Waals surface area contributed by atoms with Crippen LogP contribution in [-0.2, 0) is 0 Å². The fourth-order valence-corrected chi connectivity index (χ4v) is 3.09. The maximum Gasteiger partial charge on any atom is 0.158 e. The second-order valence-electron chi connectivity index (χ2n) is 5.64. The van der Waals surface area contributed by atoms with Gasteiger partial charge in [0.2, 0.25) is 0 Å². The van der Waals surface area contributed by atoms with Crippen molar-refractivity contribution >= 4 is 23.1 Å². The van der Waals surface area contributed by atoms with E-state index >= 15 is 0 Å². The van der Waals surface area contributed by atoms with Crippen molar-refractivity contribution in [1.29, 1.82) is 0 Å². The predicted octanol–water partition coefficient (Wildman–Crippen LogP) is 2.64. The molecule has 0 amide bonds. The lowest BCUT2D eigenvalue weighted by molar-refractivity contribution is 0.646. The molecule has 0 radical (unpaired) electrons. The smallest absolute Gasteiger partial charge is 0.158 e. The van der Waals surface area contributed by atoms with Crippen LogP contribution in [0.3, 0.4) is 0 Å². The van der Waals surface area contributed by atoms with Crippen molar-refractivity contribution in [1.82, 2.24) is 19.7 Å². The molecular formula is C17H17ClN6. The molecule has 3 heterocycles. The van der Waals surface area contributed by atoms with Gasteiger partial charge in [0.25, 0.3) is 0 Å². The van der Waals surface area contributed by atoms with Crippen molar-refractivity contribution in [3.05, 3.63) is 60.1 Å². The van der Waals surface area contributed by atoms with Gasteiger partial charge in [-0.25, -0.2) is 14.6 Å². The monoisotopic (exact) mass is 340 g/mol. The summed E-state index contributed by atoms with van der Waals surface area (Å²) in [6.07, 6.45) is 5.21. The Hall–Kier alpha value is -2.60. The SMILES string of the molecule is Clc1cccc(N2CCN(c3cc(-n4cccn4)ncn3)CC2)c1. The average Bonchev–Trinajstić information content (AvgIpc) is 3.17. The Morgan fingerprint density at radius 3 is 2.42 bits per heavy atom. The van der Waals surface area contributed by atoms with Gasteiger partial charge in [-0.3, -0.25) is 0 Å². The number of nitrogens with zero attached hydrogens (tertiary/aromatic N) is 6. The third-order valence-corrected chi connectivity index (χ3v) is 4.39. The minimum atomic E-state index is 0.773. The highest BCUT2D eigenvalue weighted by Gasteiger charge is 2.19. The number of benzene rings is 1. The minimum absolute atomic E-state index is 0.773. The maximum atomic E-state index is 6.09. The van der Waals surface area contributed by atoms with E-state index in [-0.39, 0.29) is 0 Å². The van der Waals surface area contributed by atoms with E-state index in [1.807, 2.05) is 36.5 Å². The predicted molar refractivity (Wildman–Crippen MR) is 95.0 cm³/mol. The Bertz CT molecular complexity index is 811. The van der Waals surface area contributed by atoms with Gasteiger partial charge in [-0.15, -0.1) is 0 Å². The number of piperazine rings is 1. The molecule has 7 heteroatoms. The first-order valence-corrected chi connectivity index (χ1v) is 8.25. The number of hydrogen-bond donors (Lipinski definition) is 0. The molecule has 3 aromatic rings. The van der Waals surface area contributed by atoms with E-state index in [9.17, 15) is 0 Å². The van der Waals surface area contributed by atoms with E-state index in [1.54, 1.807) is 17.2 Å². The molecule has 24 heavy (non-hydrogen) atoms. The Labute approximate surface area is 145 Å². The largest absolute Gasteiger partial charge is 0.368 e. The fourth-order valence-electron chi connectivity index (χ4n) is 2.91. The van der Waals surface area contributed by atoms with Crippen LogP contribution in [0.15, 0.2) is 55.1 Å². The third kappa shape index (κ3) is 3.05. The molecule has 6 nitrogen and oxygen atoms in total. The van der Waals surface area contributed by atoms with E-state index in [0.717, 1.165) is 42.8 Å². The molecule has 122 valence electrons. The number of rotatable bonds is 3. The van der Waals surface area contributed by atoms with Crippen LogP contribution in [-0.4, -0.2) is 45.9 Å². The fraction of sp³-hybridized carbons (Fsp3) is 0.235. The van der Waals surface area contributed by atoms with E-state index in [1.165, 1.54) is 5.69 Å². The van der Waals surface area contributed by atoms with Gasteiger partial charge in [-0.2, -0.15) is 5.10 Å². The molecule has 0 unspecified atom stereocenters. The van der Waals surface area contributed by atoms with Gasteiger partial charge < -0.3 is 9.80 Å². The van der Waals surface area contributed by atoms with Gasteiger partial charge in [0.1, 0.15) is 12.1 Å². The summed E-state index contributed by atoms with van der Waals surface area (Å²) in [6.45, 7) is 3.67. The van der Waals surface area contributed by atoms with Crippen molar-refractivity contribution in [2.24, 2.45) is 0 Å². The second-order valence-corrected chi connectivity index (χ2v) is 6.08. The first-order chi connectivity index (χ1) is 11.8. The van der Waals surface area contributed by atoms with E-state index < -0.39 is 0 Å². The molecule has 0 aliphatic carbocycles. The molecule has 0 N–H and O–H groups in total. The van der Waals surface area contributed by atoms with Crippen LogP contribution in [0.2, 0.25) is 5.02 Å². The van der Waals surface area contributed by atoms with Gasteiger partial charge in [0.15, 0.2) is 5.82 Å². The third-order valence-electron chi connectivity index (χ3n) is 4.15. The summed E-state index contributed by atoms with van der Waals surface area (Å²) in [5.41, 5.74) is 1.17. The highest BCUT2D eigenvalue weighted by atomic mass is 35.5. The first kappa shape index (κ1) is 15.0. The van der Waals surface area contributed by atoms with Gasteiger partial charge in [0.05, 0.1) is 0 Å². The highest BCUT2D eigenvalue weighted by molar-refractivity contribution is 6.30. The standard InChI is InChI=1S/C17H17ClN6/c18-14-3-1-4-15(11-14)22-7-9-23(10-8-22)16-12-17(20-13-19-16)24-6-2-5-21-24/h1-6,11-13H,7-10H2. The normalized spacial score (nSPS) is 14.9. The van der Waals surface area contributed by atoms with Crippen molar-refractivity contribution in [2.75, 3.05) is 36.0 Å². The number of halogens is 1. The number of aromatic nitrogens is 4. The van der Waals surface area contributed by atoms with Crippen molar-refractivity contribution in [3.8, 4) is 5.82 Å². The van der Waals surface area contributed by atoms with Crippen LogP contribution in [0, 0.1) is 0 Å². The first-order valence-electron chi connectivity index (χ1n) is 7.87. The molecule has 1 aliphatic heterocycles. The van der Waals surface area contributed by atoms with Crippen molar-refractivity contribution < 1.29 is 0 Å². The molecule has 0 bridgehead atoms. The molecule has 0 spiro atoms. The zero-order valence-electron chi connectivity index (χ0n) is 13.1. The molecule has 0 saturated carbocycles. The lowest BCUT2D eigenvalue weighted by Crippen LogP contribution is -2.46. The summed E-state index contributed by atoms with van der Waals surface area (Å²) in [4.78, 5) is 13.3. The van der Waals surface area contributed by atoms with Crippen LogP contribution >= 0.6 is 11.6 Å². The Morgan fingerprint density at radius 2 is 1.67 bits per heavy atom. The average molecular weight is 341 g/mol. The van der Waals surface area contributed by atoms with Gasteiger partial charge in [-0.1, -0.05) is 17.7 Å². The van der Waals surface area contributed by atoms with Gasteiger partial charge in [0, 0.05) is 55.3 Å². The van der Waals surface area contributed by atoms with Crippen LogP contribution < -0.4 is 9.80 Å². The number of hydrogen-bond acceptors (Lipinski definition) is 5. The molecule has 1 saturated heterocycles. The molecule has 0 atom stereocenters. The Balaban J connectivity index is 1.47. The zero-order chi connectivity index (χ0) is 16.4. The van der Waals surface area contributed by atoms with Crippen molar-refractivity contribution in [2.45, 2.75) is 0 Å². The summed E-state index contributed by atoms with van der Waals surface area (Å²) in [6, 6.07) is 11.9. The van der Waals surface area contributed by atoms with Crippen molar-refractivity contribution in [3.63, 3.8) is 0 Å². The molecule has 1 aliphatic rings. The Kier molecular flexibility index (Phi) is 4.04. The maximum absolute atomic E-state index is 6.09. The Morgan fingerprint density at radius 1 is 0.875 bits per heavy atom. The van der Waals surface area contributed by atoms with Crippen LogP contribution in [0.5, 0.6) is 0 Å². The van der Waals surface area contributed by atoms with Crippen LogP contribution in [0.1, 0.15) is 0 Å². The zero-order valence-corrected chi connectivity index (χ0v) is 13.8. The van der Waals surface area contributed by atoms with Crippen LogP contribution in [0.4, 0.5) is 11.5 Å². The topological polar surface area (TPSA) is 50.1 Å². The minimum Gasteiger partial charge on any atom is -0.368 e. The van der Waals surface area contributed by atoms with E-state index in [4.69, 9.17) is 11.6 Å². The van der Waals surface area contributed by atoms with E-state index in [2.05, 4.69) is 30.9 Å². The second kappa shape index (κ2) is 6.49. The van der Waals surface area contributed by atoms with Gasteiger partial charge >= 0.3 is 0 Å². The summed E-state index contributed by atoms with van der Waals surface area (Å²) < 4.78 is 1.74. The number of anilines is 2. The summed E-state index contributed by atoms with van der Waals surface area (Å²) in [5.74, 6) is 1.71. The lowest BCUT2D eigenvalue weighted by Gasteiger charge is -2.36. The lowest BCUT2D eigenvalue weighted by atomic mass is 10.2. The summed E-state index contributed by atoms with van der Waals surface area (Å²) >= 11 is 6.09. The van der Waals surface area contributed by atoms with Crippen LogP contribution in [0.25, 0.3) is 5.82 Å². The molecule has 1 fully saturated rings. The molecule has 4 rings (SSSR count). The molecule has 1 aromatic carbocycles. The quantitative estimate of drug-likeness (QED) is 0.733. The molecule has 2 aromatic heterocycles. The highest BCUT2D eigenvalue weighted by Crippen LogP contribution is 2.22. The summed E-state index contributed by atoms with van der Waals surface area (Å²) in [5, 5.41) is 4.99. The van der Waals surface area contributed by atoms with Gasteiger partial charge in [-0.05, 0) is 24.3 Å². The molecular weight excluding hydrogens is 324 g/mol. The summed E-state index contributed by atoms with van der Waals surface area (Å²) in [7, 11) is 0. The van der Waals surface area contributed by atoms with E-state index in [0.29, 0.717) is 0 Å².